The summed E-state index contributed by atoms with van der Waals surface area (Å²) < 4.78 is 1.89. The normalized spacial score (nSPS) is 15.0. The van der Waals surface area contributed by atoms with Gasteiger partial charge in [0.1, 0.15) is 0 Å². The van der Waals surface area contributed by atoms with Crippen LogP contribution in [0.15, 0.2) is 64.8 Å². The van der Waals surface area contributed by atoms with Gasteiger partial charge >= 0.3 is 0 Å². The van der Waals surface area contributed by atoms with Gasteiger partial charge in [-0.1, -0.05) is 36.4 Å². The molecule has 0 radical (unpaired) electrons. The Hall–Kier alpha value is -3.54. The highest BCUT2D eigenvalue weighted by molar-refractivity contribution is 6.54. The van der Waals surface area contributed by atoms with Crippen LogP contribution in [0.2, 0.25) is 0 Å². The highest BCUT2D eigenvalue weighted by Gasteiger charge is 2.32. The van der Waals surface area contributed by atoms with Crippen molar-refractivity contribution >= 4 is 23.5 Å². The van der Waals surface area contributed by atoms with Gasteiger partial charge in [-0.3, -0.25) is 4.79 Å². The van der Waals surface area contributed by atoms with Crippen LogP contribution in [0.1, 0.15) is 29.4 Å². The molecule has 0 spiro atoms. The number of anilines is 1. The summed E-state index contributed by atoms with van der Waals surface area (Å²) in [7, 11) is 0. The van der Waals surface area contributed by atoms with Crippen LogP contribution >= 0.6 is 0 Å². The Morgan fingerprint density at radius 3 is 2.50 bits per heavy atom. The first kappa shape index (κ1) is 17.9. The van der Waals surface area contributed by atoms with E-state index in [9.17, 15) is 4.79 Å². The third-order valence-corrected chi connectivity index (χ3v) is 4.91. The molecule has 0 aliphatic carbocycles. The van der Waals surface area contributed by atoms with Crippen LogP contribution in [0.25, 0.3) is 5.69 Å². The van der Waals surface area contributed by atoms with Gasteiger partial charge in [-0.05, 0) is 39.0 Å². The summed E-state index contributed by atoms with van der Waals surface area (Å²) in [5, 5.41) is 13.1. The highest BCUT2D eigenvalue weighted by Crippen LogP contribution is 2.28. The lowest BCUT2D eigenvalue weighted by atomic mass is 10.1. The van der Waals surface area contributed by atoms with Crippen LogP contribution in [0.5, 0.6) is 0 Å². The van der Waals surface area contributed by atoms with Crippen LogP contribution in [0.3, 0.4) is 0 Å². The second-order valence-electron chi connectivity index (χ2n) is 6.59. The van der Waals surface area contributed by atoms with Crippen molar-refractivity contribution in [3.05, 3.63) is 77.1 Å². The van der Waals surface area contributed by atoms with Crippen molar-refractivity contribution in [2.24, 2.45) is 10.2 Å². The molecule has 6 heteroatoms. The standard InChI is InChI=1S/C22H21N5O/c1-4-26-20-13-9-8-12-18(20)21(22(26)28)24-23-14-19-15(2)25-27(16(19)3)17-10-6-5-7-11-17/h5-14H,4H2,1-3H3/b23-14-,24-21+. The molecule has 4 rings (SSSR count). The van der Waals surface area contributed by atoms with E-state index in [4.69, 9.17) is 0 Å². The smallest absolute Gasteiger partial charge is 0.279 e. The summed E-state index contributed by atoms with van der Waals surface area (Å²) in [6, 6.07) is 17.6. The molecule has 0 fully saturated rings. The zero-order valence-corrected chi connectivity index (χ0v) is 16.1. The Labute approximate surface area is 163 Å². The Balaban J connectivity index is 1.68. The number of aryl methyl sites for hydroxylation is 1. The monoisotopic (exact) mass is 371 g/mol. The fraction of sp³-hybridized carbons (Fsp3) is 0.182. The third-order valence-electron chi connectivity index (χ3n) is 4.91. The van der Waals surface area contributed by atoms with E-state index < -0.39 is 0 Å². The molecule has 28 heavy (non-hydrogen) atoms. The predicted molar refractivity (Wildman–Crippen MR) is 112 cm³/mol. The van der Waals surface area contributed by atoms with Gasteiger partial charge in [-0.2, -0.15) is 10.2 Å². The van der Waals surface area contributed by atoms with Gasteiger partial charge in [0.05, 0.1) is 29.0 Å². The Bertz CT molecular complexity index is 1100. The number of para-hydroxylation sites is 2. The molecule has 1 aliphatic rings. The molecule has 2 aromatic carbocycles. The first-order chi connectivity index (χ1) is 13.6. The number of benzene rings is 2. The van der Waals surface area contributed by atoms with Crippen LogP contribution in [-0.2, 0) is 4.79 Å². The number of nitrogens with zero attached hydrogens (tertiary/aromatic N) is 5. The van der Waals surface area contributed by atoms with Crippen molar-refractivity contribution in [3.8, 4) is 5.69 Å². The number of hydrogen-bond donors (Lipinski definition) is 0. The second kappa shape index (κ2) is 7.23. The van der Waals surface area contributed by atoms with Gasteiger partial charge in [-0.15, -0.1) is 5.10 Å². The fourth-order valence-electron chi connectivity index (χ4n) is 3.48. The molecule has 140 valence electrons. The summed E-state index contributed by atoms with van der Waals surface area (Å²) in [5.74, 6) is -0.116. The maximum absolute atomic E-state index is 12.7. The van der Waals surface area contributed by atoms with Crippen molar-refractivity contribution < 1.29 is 4.79 Å². The number of hydrogen-bond acceptors (Lipinski definition) is 4. The zero-order chi connectivity index (χ0) is 19.7. The van der Waals surface area contributed by atoms with Crippen LogP contribution in [0.4, 0.5) is 5.69 Å². The molecule has 1 aromatic heterocycles. The molecule has 0 unspecified atom stereocenters. The molecule has 1 amide bonds. The van der Waals surface area contributed by atoms with E-state index in [1.54, 1.807) is 11.1 Å². The SMILES string of the molecule is CCN1C(=O)/C(=N/N=C\c2c(C)nn(-c3ccccc3)c2C)c2ccccc21. The van der Waals surface area contributed by atoms with Gasteiger partial charge in [0, 0.05) is 17.7 Å². The van der Waals surface area contributed by atoms with Crippen molar-refractivity contribution in [3.63, 3.8) is 0 Å². The van der Waals surface area contributed by atoms with E-state index in [1.807, 2.05) is 80.1 Å². The van der Waals surface area contributed by atoms with E-state index in [0.717, 1.165) is 33.9 Å². The Morgan fingerprint density at radius 2 is 1.75 bits per heavy atom. The van der Waals surface area contributed by atoms with E-state index >= 15 is 0 Å². The van der Waals surface area contributed by atoms with Crippen molar-refractivity contribution in [1.82, 2.24) is 9.78 Å². The molecule has 2 heterocycles. The molecular weight excluding hydrogens is 350 g/mol. The number of carbonyl (C=O) groups excluding carboxylic acids is 1. The average Bonchev–Trinajstić information content (AvgIpc) is 3.16. The summed E-state index contributed by atoms with van der Waals surface area (Å²) in [6.07, 6.45) is 1.68. The highest BCUT2D eigenvalue weighted by atomic mass is 16.2. The summed E-state index contributed by atoms with van der Waals surface area (Å²) in [5.41, 5.74) is 5.80. The summed E-state index contributed by atoms with van der Waals surface area (Å²) in [6.45, 7) is 6.48. The van der Waals surface area contributed by atoms with Crippen molar-refractivity contribution in [1.29, 1.82) is 0 Å². The summed E-state index contributed by atoms with van der Waals surface area (Å²) in [4.78, 5) is 14.4. The lowest BCUT2D eigenvalue weighted by Crippen LogP contribution is -2.29. The molecule has 0 atom stereocenters. The first-order valence-electron chi connectivity index (χ1n) is 9.25. The lowest BCUT2D eigenvalue weighted by molar-refractivity contribution is -0.112. The zero-order valence-electron chi connectivity index (χ0n) is 16.1. The molecule has 1 aliphatic heterocycles. The lowest BCUT2D eigenvalue weighted by Gasteiger charge is -2.12. The van der Waals surface area contributed by atoms with E-state index in [0.29, 0.717) is 12.3 Å². The van der Waals surface area contributed by atoms with Crippen molar-refractivity contribution in [2.75, 3.05) is 11.4 Å². The molecular formula is C22H21N5O. The Morgan fingerprint density at radius 1 is 1.04 bits per heavy atom. The van der Waals surface area contributed by atoms with Gasteiger partial charge in [0.15, 0.2) is 5.71 Å². The number of aromatic nitrogens is 2. The first-order valence-corrected chi connectivity index (χ1v) is 9.25. The number of fused-ring (bicyclic) bond motifs is 1. The third kappa shape index (κ3) is 2.93. The quantitative estimate of drug-likeness (QED) is 0.519. The average molecular weight is 371 g/mol. The van der Waals surface area contributed by atoms with Crippen LogP contribution in [-0.4, -0.2) is 34.2 Å². The van der Waals surface area contributed by atoms with Crippen molar-refractivity contribution in [2.45, 2.75) is 20.8 Å². The van der Waals surface area contributed by atoms with Gasteiger partial charge < -0.3 is 4.90 Å². The maximum Gasteiger partial charge on any atom is 0.279 e. The molecule has 0 N–H and O–H groups in total. The molecule has 0 bridgehead atoms. The number of rotatable bonds is 4. The number of carbonyl (C=O) groups is 1. The topological polar surface area (TPSA) is 62.9 Å². The van der Waals surface area contributed by atoms with E-state index in [1.165, 1.54) is 0 Å². The van der Waals surface area contributed by atoms with E-state index in [2.05, 4.69) is 15.3 Å². The van der Waals surface area contributed by atoms with Gasteiger partial charge in [-0.25, -0.2) is 4.68 Å². The second-order valence-corrected chi connectivity index (χ2v) is 6.59. The van der Waals surface area contributed by atoms with Crippen LogP contribution in [0, 0.1) is 13.8 Å². The Kier molecular flexibility index (Phi) is 4.61. The molecule has 0 saturated heterocycles. The number of likely N-dealkylation sites (N-methyl/N-ethyl adjacent to an activating group) is 1. The predicted octanol–water partition coefficient (Wildman–Crippen LogP) is 3.68. The largest absolute Gasteiger partial charge is 0.307 e. The molecule has 0 saturated carbocycles. The van der Waals surface area contributed by atoms with Gasteiger partial charge in [0.2, 0.25) is 0 Å². The minimum atomic E-state index is -0.116. The molecule has 6 nitrogen and oxygen atoms in total. The molecule has 3 aromatic rings. The summed E-state index contributed by atoms with van der Waals surface area (Å²) >= 11 is 0. The minimum Gasteiger partial charge on any atom is -0.307 e. The van der Waals surface area contributed by atoms with E-state index in [-0.39, 0.29) is 5.91 Å². The minimum absolute atomic E-state index is 0.116. The fourth-order valence-corrected chi connectivity index (χ4v) is 3.48. The van der Waals surface area contributed by atoms with Gasteiger partial charge in [0.25, 0.3) is 5.91 Å². The maximum atomic E-state index is 12.7. The van der Waals surface area contributed by atoms with Crippen LogP contribution < -0.4 is 4.90 Å². The number of amides is 1.